The number of nitrogens with one attached hydrogen (secondary N) is 1. The predicted octanol–water partition coefficient (Wildman–Crippen LogP) is 1.60. The summed E-state index contributed by atoms with van der Waals surface area (Å²) in [4.78, 5) is 24.8. The Morgan fingerprint density at radius 3 is 2.86 bits per heavy atom. The van der Waals surface area contributed by atoms with Gasteiger partial charge in [0.15, 0.2) is 0 Å². The molecule has 8 nitrogen and oxygen atoms in total. The smallest absolute Gasteiger partial charge is 0.348 e. The number of hydrogen-bond donors (Lipinski definition) is 2. The fraction of sp³-hybridized carbons (Fsp3) is 0.385. The lowest BCUT2D eigenvalue weighted by Crippen LogP contribution is -2.24. The number of nitrogens with zero attached hydrogens (tertiary/aromatic N) is 3. The summed E-state index contributed by atoms with van der Waals surface area (Å²) in [6.45, 7) is 2.65. The lowest BCUT2D eigenvalue weighted by atomic mass is 10.3. The monoisotopic (exact) mass is 324 g/mol. The highest BCUT2D eigenvalue weighted by molar-refractivity contribution is 7.12. The third kappa shape index (κ3) is 4.37. The highest BCUT2D eigenvalue weighted by Gasteiger charge is 2.14. The number of aryl methyl sites for hydroxylation is 1. The molecule has 0 atom stereocenters. The molecule has 1 amide bonds. The van der Waals surface area contributed by atoms with Crippen LogP contribution in [-0.4, -0.2) is 45.7 Å². The number of anilines is 1. The molecule has 0 aliphatic carbocycles. The van der Waals surface area contributed by atoms with E-state index < -0.39 is 5.97 Å². The van der Waals surface area contributed by atoms with Gasteiger partial charge in [0.05, 0.1) is 12.2 Å². The highest BCUT2D eigenvalue weighted by atomic mass is 32.1. The van der Waals surface area contributed by atoms with Crippen LogP contribution in [0.3, 0.4) is 0 Å². The van der Waals surface area contributed by atoms with Gasteiger partial charge in [0.1, 0.15) is 4.88 Å². The second-order valence-electron chi connectivity index (χ2n) is 4.72. The van der Waals surface area contributed by atoms with Crippen molar-refractivity contribution in [3.05, 3.63) is 28.1 Å². The van der Waals surface area contributed by atoms with Crippen molar-refractivity contribution < 1.29 is 19.1 Å². The number of aromatic carboxylic acids is 1. The summed E-state index contributed by atoms with van der Waals surface area (Å²) in [6.07, 6.45) is 0.235. The summed E-state index contributed by atoms with van der Waals surface area (Å²) in [5.41, 5.74) is 0.331. The standard InChI is InChI=1S/C13H16N4O4S/c1-8-15-16-11(21-8)7-17(2)5-3-10(18)14-9-4-6-22-12(9)13(19)20/h4,6H,3,5,7H2,1-2H3,(H,14,18)(H,19,20). The lowest BCUT2D eigenvalue weighted by molar-refractivity contribution is -0.116. The summed E-state index contributed by atoms with van der Waals surface area (Å²) < 4.78 is 5.26. The zero-order valence-corrected chi connectivity index (χ0v) is 13.0. The molecule has 2 aromatic rings. The van der Waals surface area contributed by atoms with Crippen LogP contribution in [0.5, 0.6) is 0 Å². The van der Waals surface area contributed by atoms with Gasteiger partial charge in [-0.2, -0.15) is 0 Å². The Hall–Kier alpha value is -2.26. The predicted molar refractivity (Wildman–Crippen MR) is 79.9 cm³/mol. The molecule has 22 heavy (non-hydrogen) atoms. The van der Waals surface area contributed by atoms with Crippen LogP contribution in [0, 0.1) is 6.92 Å². The number of thiophene rings is 1. The van der Waals surface area contributed by atoms with E-state index in [1.165, 1.54) is 0 Å². The zero-order chi connectivity index (χ0) is 16.1. The van der Waals surface area contributed by atoms with Crippen molar-refractivity contribution in [2.45, 2.75) is 19.9 Å². The Morgan fingerprint density at radius 2 is 2.23 bits per heavy atom. The first-order valence-corrected chi connectivity index (χ1v) is 7.42. The topological polar surface area (TPSA) is 109 Å². The lowest BCUT2D eigenvalue weighted by Gasteiger charge is -2.13. The Morgan fingerprint density at radius 1 is 1.45 bits per heavy atom. The van der Waals surface area contributed by atoms with E-state index in [4.69, 9.17) is 9.52 Å². The van der Waals surface area contributed by atoms with Crippen molar-refractivity contribution in [1.82, 2.24) is 15.1 Å². The van der Waals surface area contributed by atoms with Crippen LogP contribution >= 0.6 is 11.3 Å². The molecule has 0 aliphatic heterocycles. The van der Waals surface area contributed by atoms with Gasteiger partial charge in [0, 0.05) is 19.9 Å². The maximum Gasteiger partial charge on any atom is 0.348 e. The maximum atomic E-state index is 11.9. The van der Waals surface area contributed by atoms with Crippen molar-refractivity contribution >= 4 is 28.9 Å². The second-order valence-corrected chi connectivity index (χ2v) is 5.64. The largest absolute Gasteiger partial charge is 0.477 e. The first-order chi connectivity index (χ1) is 10.5. The molecule has 9 heteroatoms. The van der Waals surface area contributed by atoms with Gasteiger partial charge in [-0.1, -0.05) is 0 Å². The molecule has 0 spiro atoms. The summed E-state index contributed by atoms with van der Waals surface area (Å²) in [5.74, 6) is -0.296. The third-order valence-corrected chi connectivity index (χ3v) is 3.73. The quantitative estimate of drug-likeness (QED) is 0.796. The van der Waals surface area contributed by atoms with Gasteiger partial charge in [0.2, 0.25) is 17.7 Å². The van der Waals surface area contributed by atoms with Gasteiger partial charge in [-0.25, -0.2) is 4.79 Å². The van der Waals surface area contributed by atoms with Gasteiger partial charge in [-0.05, 0) is 18.5 Å². The first-order valence-electron chi connectivity index (χ1n) is 6.54. The van der Waals surface area contributed by atoms with Crippen LogP contribution in [0.1, 0.15) is 27.9 Å². The number of amides is 1. The molecule has 0 unspecified atom stereocenters. The van der Waals surface area contributed by atoms with Gasteiger partial charge < -0.3 is 14.8 Å². The Bertz CT molecular complexity index is 667. The summed E-state index contributed by atoms with van der Waals surface area (Å²) in [7, 11) is 1.83. The molecule has 2 heterocycles. The Kier molecular flexibility index (Phi) is 5.23. The summed E-state index contributed by atoms with van der Waals surface area (Å²) in [6, 6.07) is 1.58. The van der Waals surface area contributed by atoms with Crippen LogP contribution in [0.2, 0.25) is 0 Å². The molecule has 0 aliphatic rings. The zero-order valence-electron chi connectivity index (χ0n) is 12.2. The highest BCUT2D eigenvalue weighted by Crippen LogP contribution is 2.22. The van der Waals surface area contributed by atoms with E-state index in [2.05, 4.69) is 15.5 Å². The van der Waals surface area contributed by atoms with E-state index >= 15 is 0 Å². The number of carbonyl (C=O) groups is 2. The van der Waals surface area contributed by atoms with Crippen LogP contribution in [0.4, 0.5) is 5.69 Å². The molecule has 2 rings (SSSR count). The van der Waals surface area contributed by atoms with Gasteiger partial charge in [0.25, 0.3) is 0 Å². The number of carboxylic acid groups (broad SMARTS) is 1. The average Bonchev–Trinajstić information content (AvgIpc) is 3.06. The van der Waals surface area contributed by atoms with E-state index in [-0.39, 0.29) is 17.2 Å². The van der Waals surface area contributed by atoms with E-state index in [0.29, 0.717) is 30.6 Å². The number of hydrogen-bond acceptors (Lipinski definition) is 7. The molecular weight excluding hydrogens is 308 g/mol. The van der Waals surface area contributed by atoms with Crippen LogP contribution in [0.25, 0.3) is 0 Å². The number of carboxylic acids is 1. The summed E-state index contributed by atoms with van der Waals surface area (Å²) >= 11 is 1.08. The number of rotatable bonds is 7. The minimum absolute atomic E-state index is 0.128. The van der Waals surface area contributed by atoms with E-state index in [0.717, 1.165) is 11.3 Å². The van der Waals surface area contributed by atoms with Crippen LogP contribution < -0.4 is 5.32 Å². The van der Waals surface area contributed by atoms with E-state index in [1.807, 2.05) is 11.9 Å². The van der Waals surface area contributed by atoms with Crippen molar-refractivity contribution in [3.8, 4) is 0 Å². The average molecular weight is 324 g/mol. The molecule has 0 fully saturated rings. The summed E-state index contributed by atoms with van der Waals surface area (Å²) in [5, 5.41) is 20.8. The van der Waals surface area contributed by atoms with Gasteiger partial charge >= 0.3 is 5.97 Å². The number of aromatic nitrogens is 2. The van der Waals surface area contributed by atoms with Gasteiger partial charge in [-0.3, -0.25) is 9.69 Å². The maximum absolute atomic E-state index is 11.9. The molecule has 0 radical (unpaired) electrons. The second kappa shape index (κ2) is 7.14. The van der Waals surface area contributed by atoms with E-state index in [1.54, 1.807) is 18.4 Å². The minimum Gasteiger partial charge on any atom is -0.477 e. The van der Waals surface area contributed by atoms with Crippen LogP contribution in [0.15, 0.2) is 15.9 Å². The van der Waals surface area contributed by atoms with Crippen molar-refractivity contribution in [1.29, 1.82) is 0 Å². The fourth-order valence-electron chi connectivity index (χ4n) is 1.79. The molecule has 2 aromatic heterocycles. The van der Waals surface area contributed by atoms with Crippen molar-refractivity contribution in [2.24, 2.45) is 0 Å². The minimum atomic E-state index is -1.05. The van der Waals surface area contributed by atoms with Crippen molar-refractivity contribution in [3.63, 3.8) is 0 Å². The number of carbonyl (C=O) groups excluding carboxylic acids is 1. The third-order valence-electron chi connectivity index (χ3n) is 2.83. The first kappa shape index (κ1) is 16.1. The molecule has 0 saturated carbocycles. The van der Waals surface area contributed by atoms with Crippen LogP contribution in [-0.2, 0) is 11.3 Å². The molecule has 0 aromatic carbocycles. The molecule has 0 saturated heterocycles. The molecule has 0 bridgehead atoms. The normalized spacial score (nSPS) is 10.9. The van der Waals surface area contributed by atoms with E-state index in [9.17, 15) is 9.59 Å². The Labute approximate surface area is 130 Å². The molecular formula is C13H16N4O4S. The van der Waals surface area contributed by atoms with Crippen molar-refractivity contribution in [2.75, 3.05) is 18.9 Å². The molecule has 2 N–H and O–H groups in total. The fourth-order valence-corrected chi connectivity index (χ4v) is 2.48. The Balaban J connectivity index is 1.80. The molecule has 118 valence electrons. The SMILES string of the molecule is Cc1nnc(CN(C)CCC(=O)Nc2ccsc2C(=O)O)o1. The van der Waals surface area contributed by atoms with Gasteiger partial charge in [-0.15, -0.1) is 21.5 Å².